The summed E-state index contributed by atoms with van der Waals surface area (Å²) in [5.41, 5.74) is 7.29. The van der Waals surface area contributed by atoms with E-state index in [2.05, 4.69) is 66.8 Å². The second kappa shape index (κ2) is 4.79. The van der Waals surface area contributed by atoms with Crippen LogP contribution in [0.4, 0.5) is 0 Å². The summed E-state index contributed by atoms with van der Waals surface area (Å²) >= 11 is 0. The molecule has 0 bridgehead atoms. The second-order valence-electron chi connectivity index (χ2n) is 5.67. The quantitative estimate of drug-likeness (QED) is 0.590. The van der Waals surface area contributed by atoms with Crippen LogP contribution in [0.5, 0.6) is 0 Å². The van der Waals surface area contributed by atoms with Gasteiger partial charge in [-0.15, -0.1) is 0 Å². The third-order valence-corrected chi connectivity index (χ3v) is 4.50. The first-order valence-electron chi connectivity index (χ1n) is 7.50. The molecule has 0 saturated carbocycles. The van der Waals surface area contributed by atoms with Gasteiger partial charge in [0.2, 0.25) is 0 Å². The summed E-state index contributed by atoms with van der Waals surface area (Å²) in [6.45, 7) is 0. The number of benzene rings is 1. The number of allylic oxidation sites excluding steroid dienone is 10. The van der Waals surface area contributed by atoms with E-state index in [1.807, 2.05) is 0 Å². The molecule has 0 aliphatic heterocycles. The summed E-state index contributed by atoms with van der Waals surface area (Å²) in [6, 6.07) is 8.93. The Morgan fingerprint density at radius 3 is 2.90 bits per heavy atom. The Morgan fingerprint density at radius 1 is 0.950 bits per heavy atom. The van der Waals surface area contributed by atoms with Crippen molar-refractivity contribution < 1.29 is 0 Å². The highest BCUT2D eigenvalue weighted by Gasteiger charge is 2.31. The maximum absolute atomic E-state index is 2.33. The summed E-state index contributed by atoms with van der Waals surface area (Å²) in [5, 5.41) is 0. The van der Waals surface area contributed by atoms with Crippen molar-refractivity contribution in [3.05, 3.63) is 89.1 Å². The predicted octanol–water partition coefficient (Wildman–Crippen LogP) is 5.33. The van der Waals surface area contributed by atoms with Crippen LogP contribution in [0.25, 0.3) is 5.57 Å². The van der Waals surface area contributed by atoms with Crippen molar-refractivity contribution in [1.29, 1.82) is 0 Å². The van der Waals surface area contributed by atoms with E-state index in [1.54, 1.807) is 0 Å². The molecule has 3 aliphatic rings. The Kier molecular flexibility index (Phi) is 2.81. The van der Waals surface area contributed by atoms with Crippen LogP contribution >= 0.6 is 0 Å². The minimum Gasteiger partial charge on any atom is -0.0839 e. The van der Waals surface area contributed by atoms with Crippen LogP contribution in [0.2, 0.25) is 0 Å². The van der Waals surface area contributed by atoms with E-state index in [4.69, 9.17) is 0 Å². The minimum atomic E-state index is 0.577. The van der Waals surface area contributed by atoms with Crippen LogP contribution in [-0.4, -0.2) is 0 Å². The molecule has 0 saturated heterocycles. The maximum atomic E-state index is 2.33. The Morgan fingerprint density at radius 2 is 1.90 bits per heavy atom. The highest BCUT2D eigenvalue weighted by Crippen LogP contribution is 2.49. The summed E-state index contributed by atoms with van der Waals surface area (Å²) in [5.74, 6) is 0.577. The van der Waals surface area contributed by atoms with Gasteiger partial charge >= 0.3 is 0 Å². The molecule has 1 aromatic carbocycles. The molecule has 1 unspecified atom stereocenters. The number of hydrogen-bond donors (Lipinski definition) is 0. The summed E-state index contributed by atoms with van der Waals surface area (Å²) in [4.78, 5) is 0. The van der Waals surface area contributed by atoms with Gasteiger partial charge in [-0.05, 0) is 47.1 Å². The van der Waals surface area contributed by atoms with Gasteiger partial charge in [0.25, 0.3) is 0 Å². The van der Waals surface area contributed by atoms with Crippen LogP contribution in [0, 0.1) is 0 Å². The Balaban J connectivity index is 1.99. The molecule has 20 heavy (non-hydrogen) atoms. The van der Waals surface area contributed by atoms with Gasteiger partial charge in [0.1, 0.15) is 0 Å². The average molecular weight is 258 g/mol. The lowest BCUT2D eigenvalue weighted by Gasteiger charge is -2.20. The van der Waals surface area contributed by atoms with Crippen molar-refractivity contribution in [3.8, 4) is 0 Å². The van der Waals surface area contributed by atoms with E-state index in [1.165, 1.54) is 47.1 Å². The van der Waals surface area contributed by atoms with Gasteiger partial charge in [-0.1, -0.05) is 66.8 Å². The van der Waals surface area contributed by atoms with Crippen molar-refractivity contribution in [3.63, 3.8) is 0 Å². The Labute approximate surface area is 120 Å². The highest BCUT2D eigenvalue weighted by molar-refractivity contribution is 5.88. The molecular formula is C20H18. The lowest BCUT2D eigenvalue weighted by Crippen LogP contribution is -2.03. The SMILES string of the molecule is C1=C/C=C2/C=C\CCCC3C2=C(C=C1)c1ccccc13. The van der Waals surface area contributed by atoms with Gasteiger partial charge < -0.3 is 0 Å². The average Bonchev–Trinajstić information content (AvgIpc) is 2.72. The zero-order valence-electron chi connectivity index (χ0n) is 11.5. The Bertz CT molecular complexity index is 693. The van der Waals surface area contributed by atoms with Gasteiger partial charge in [-0.3, -0.25) is 0 Å². The van der Waals surface area contributed by atoms with E-state index in [9.17, 15) is 0 Å². The smallest absolute Gasteiger partial charge is 0.0108 e. The molecule has 0 aromatic heterocycles. The molecule has 0 N–H and O–H groups in total. The Hall–Kier alpha value is -2.08. The van der Waals surface area contributed by atoms with Crippen LogP contribution in [-0.2, 0) is 0 Å². The van der Waals surface area contributed by atoms with Crippen LogP contribution in [0.15, 0.2) is 77.9 Å². The molecule has 0 heterocycles. The van der Waals surface area contributed by atoms with Crippen LogP contribution < -0.4 is 0 Å². The lowest BCUT2D eigenvalue weighted by molar-refractivity contribution is 0.667. The summed E-state index contributed by atoms with van der Waals surface area (Å²) in [6.07, 6.45) is 19.4. The first-order chi connectivity index (χ1) is 9.95. The first kappa shape index (κ1) is 11.7. The van der Waals surface area contributed by atoms with Crippen molar-refractivity contribution in [1.82, 2.24) is 0 Å². The van der Waals surface area contributed by atoms with Crippen molar-refractivity contribution in [2.75, 3.05) is 0 Å². The summed E-state index contributed by atoms with van der Waals surface area (Å²) < 4.78 is 0. The lowest BCUT2D eigenvalue weighted by atomic mass is 9.84. The van der Waals surface area contributed by atoms with Crippen molar-refractivity contribution >= 4 is 5.57 Å². The van der Waals surface area contributed by atoms with E-state index in [0.29, 0.717) is 5.92 Å². The van der Waals surface area contributed by atoms with Gasteiger partial charge in [-0.2, -0.15) is 0 Å². The summed E-state index contributed by atoms with van der Waals surface area (Å²) in [7, 11) is 0. The molecule has 0 amide bonds. The van der Waals surface area contributed by atoms with Crippen LogP contribution in [0.1, 0.15) is 36.3 Å². The van der Waals surface area contributed by atoms with Crippen molar-refractivity contribution in [2.45, 2.75) is 25.2 Å². The number of fused-ring (bicyclic) bond motifs is 3. The second-order valence-corrected chi connectivity index (χ2v) is 5.67. The normalized spacial score (nSPS) is 27.6. The topological polar surface area (TPSA) is 0 Å². The standard InChI is InChI=1S/C20H18/c1-3-9-15-10-4-2-6-14-19-17-12-8-7-11-16(17)18(13-5-1)20(15)19/h1,3-5,7-13,19H,2,6,14H2/b3-1?,5-1?,9-3?,10-4-,13-5?,15-9-,18-13?,20-15?. The zero-order chi connectivity index (χ0) is 13.4. The first-order valence-corrected chi connectivity index (χ1v) is 7.50. The molecule has 0 nitrogen and oxygen atoms in total. The molecule has 1 atom stereocenters. The highest BCUT2D eigenvalue weighted by atomic mass is 14.3. The van der Waals surface area contributed by atoms with E-state index < -0.39 is 0 Å². The largest absolute Gasteiger partial charge is 0.0839 e. The zero-order valence-corrected chi connectivity index (χ0v) is 11.5. The van der Waals surface area contributed by atoms with Gasteiger partial charge in [0.15, 0.2) is 0 Å². The number of rotatable bonds is 0. The van der Waals surface area contributed by atoms with Gasteiger partial charge in [0.05, 0.1) is 0 Å². The minimum absolute atomic E-state index is 0.577. The molecule has 0 fully saturated rings. The van der Waals surface area contributed by atoms with Crippen molar-refractivity contribution in [2.24, 2.45) is 0 Å². The molecule has 1 aromatic rings. The maximum Gasteiger partial charge on any atom is 0.0108 e. The molecule has 0 spiro atoms. The monoisotopic (exact) mass is 258 g/mol. The molecule has 0 heteroatoms. The predicted molar refractivity (Wildman–Crippen MR) is 85.5 cm³/mol. The molecule has 98 valence electrons. The fraction of sp³-hybridized carbons (Fsp3) is 0.200. The third kappa shape index (κ3) is 1.76. The number of hydrogen-bond acceptors (Lipinski definition) is 0. The van der Waals surface area contributed by atoms with Crippen LogP contribution in [0.3, 0.4) is 0 Å². The van der Waals surface area contributed by atoms with Gasteiger partial charge in [0, 0.05) is 5.92 Å². The van der Waals surface area contributed by atoms with Gasteiger partial charge in [-0.25, -0.2) is 0 Å². The fourth-order valence-corrected chi connectivity index (χ4v) is 3.63. The third-order valence-electron chi connectivity index (χ3n) is 4.50. The molecule has 0 radical (unpaired) electrons. The van der Waals surface area contributed by atoms with E-state index in [-0.39, 0.29) is 0 Å². The molecule has 3 aliphatic carbocycles. The van der Waals surface area contributed by atoms with E-state index in [0.717, 1.165) is 0 Å². The fourth-order valence-electron chi connectivity index (χ4n) is 3.63. The molecule has 4 rings (SSSR count). The molecular weight excluding hydrogens is 240 g/mol. The van der Waals surface area contributed by atoms with E-state index >= 15 is 0 Å².